The third kappa shape index (κ3) is 78.8. The highest BCUT2D eigenvalue weighted by atomic mass is 31.2. The Morgan fingerprint density at radius 3 is 0.833 bits per heavy atom. The molecule has 0 aromatic carbocycles. The summed E-state index contributed by atoms with van der Waals surface area (Å²) in [7, 11) is -10.0. The van der Waals surface area contributed by atoms with Gasteiger partial charge < -0.3 is 33.8 Å². The standard InChI is InChI=1S/C89H148O17P2/c1-5-9-13-17-21-25-29-33-37-39-41-43-47-50-54-58-62-66-70-74-87(92)100-80-85(106-89(94)76-72-68-64-60-56-52-48-44-42-40-38-34-30-26-22-18-14-10-6-2)82-104-108(97,98)102-78-83(90)77-101-107(95,96)103-81-84(105-88(93)75-71-67-63-59-55-51-46-36-32-28-24-20-16-12-8-4)79-99-86(91)73-69-65-61-57-53-49-45-35-31-27-23-19-15-11-7-3/h10,14,21-22,24-28,31,33-34,36-38,41-44,46,50,52,54,56,62,66,83-85,90H,5-9,11-13,15-20,23,29-30,32,35,39-40,45,47-49,51,53,55,57-61,63-65,67-82H2,1-4H3,(H,95,96)(H,97,98)/b14-10-,25-21-,26-22-,28-24-,31-27-,37-33-,38-34-,43-41-,44-42-,46-36-,54-50-,56-52-,66-62-/t83-,84+,85+/m0/s1. The van der Waals surface area contributed by atoms with Crippen molar-refractivity contribution < 1.29 is 80.2 Å². The second-order valence-electron chi connectivity index (χ2n) is 27.3. The molecular formula is C89H148O17P2. The number of aliphatic hydroxyl groups is 1. The summed E-state index contributed by atoms with van der Waals surface area (Å²) in [5.74, 6) is -2.33. The summed E-state index contributed by atoms with van der Waals surface area (Å²) in [5, 5.41) is 10.7. The molecule has 3 N–H and O–H groups in total. The van der Waals surface area contributed by atoms with E-state index in [-0.39, 0.29) is 25.7 Å². The van der Waals surface area contributed by atoms with Crippen molar-refractivity contribution in [3.05, 3.63) is 158 Å². The lowest BCUT2D eigenvalue weighted by atomic mass is 10.1. The average Bonchev–Trinajstić information content (AvgIpc) is 0.900. The van der Waals surface area contributed by atoms with Gasteiger partial charge in [0.25, 0.3) is 0 Å². The van der Waals surface area contributed by atoms with Gasteiger partial charge in [-0.2, -0.15) is 0 Å². The molecule has 0 spiro atoms. The summed E-state index contributed by atoms with van der Waals surface area (Å²) in [6.45, 7) is 4.56. The molecule has 0 saturated heterocycles. The van der Waals surface area contributed by atoms with Gasteiger partial charge in [-0.1, -0.05) is 288 Å². The zero-order valence-corrected chi connectivity index (χ0v) is 69.3. The SMILES string of the molecule is CC/C=C\C/C=C\C/C=C\C/C=C\C/C=C\CCCCCC(=O)O[C@H](COC(=O)CC/C=C\C/C=C\C/C=C\C/C=C\C/C=C\CCCCC)COP(=O)(O)OC[C@@H](O)COP(=O)(O)OC[C@@H](COC(=O)CCCCCCCCC/C=C\CCCCCC)OC(=O)CCCCCCC/C=C\C/C=C\CCCCC. The molecule has 0 rings (SSSR count). The molecule has 0 aromatic rings. The van der Waals surface area contributed by atoms with Crippen molar-refractivity contribution in [3.8, 4) is 0 Å². The van der Waals surface area contributed by atoms with E-state index in [4.69, 9.17) is 37.0 Å². The largest absolute Gasteiger partial charge is 0.472 e. The monoisotopic (exact) mass is 1550 g/mol. The maximum atomic E-state index is 13.1. The van der Waals surface area contributed by atoms with Crippen molar-refractivity contribution in [2.75, 3.05) is 39.6 Å². The summed E-state index contributed by atoms with van der Waals surface area (Å²) in [6, 6.07) is 0. The summed E-state index contributed by atoms with van der Waals surface area (Å²) < 4.78 is 68.6. The normalized spacial score (nSPS) is 14.6. The minimum atomic E-state index is -5.01. The molecule has 5 atom stereocenters. The fraction of sp³-hybridized carbons (Fsp3) is 0.663. The smallest absolute Gasteiger partial charge is 0.462 e. The van der Waals surface area contributed by atoms with Crippen LogP contribution in [-0.2, 0) is 65.4 Å². The number of aliphatic hydroxyl groups excluding tert-OH is 1. The summed E-state index contributed by atoms with van der Waals surface area (Å²) >= 11 is 0. The quantitative estimate of drug-likeness (QED) is 0.0169. The van der Waals surface area contributed by atoms with E-state index in [0.29, 0.717) is 32.1 Å². The Kier molecular flexibility index (Phi) is 75.8. The molecule has 0 aliphatic rings. The van der Waals surface area contributed by atoms with E-state index in [1.165, 1.54) is 77.0 Å². The summed E-state index contributed by atoms with van der Waals surface area (Å²) in [4.78, 5) is 73.1. The van der Waals surface area contributed by atoms with Crippen LogP contribution in [0.1, 0.15) is 323 Å². The third-order valence-corrected chi connectivity index (χ3v) is 18.9. The zero-order chi connectivity index (χ0) is 78.9. The highest BCUT2D eigenvalue weighted by Gasteiger charge is 2.30. The molecule has 0 aliphatic heterocycles. The summed E-state index contributed by atoms with van der Waals surface area (Å²) in [5.41, 5.74) is 0. The number of esters is 4. The number of phosphoric acid groups is 2. The van der Waals surface area contributed by atoms with Gasteiger partial charge in [0, 0.05) is 25.7 Å². The van der Waals surface area contributed by atoms with Crippen LogP contribution in [0.3, 0.4) is 0 Å². The first-order valence-electron chi connectivity index (χ1n) is 41.7. The number of phosphoric ester groups is 2. The van der Waals surface area contributed by atoms with Crippen molar-refractivity contribution >= 4 is 39.5 Å². The van der Waals surface area contributed by atoms with Gasteiger partial charge in [-0.3, -0.25) is 37.3 Å². The number of hydrogen-bond acceptors (Lipinski definition) is 15. The Morgan fingerprint density at radius 1 is 0.269 bits per heavy atom. The van der Waals surface area contributed by atoms with E-state index in [2.05, 4.69) is 167 Å². The highest BCUT2D eigenvalue weighted by Crippen LogP contribution is 2.45. The molecular weight excluding hydrogens is 1400 g/mol. The minimum absolute atomic E-state index is 0.0249. The maximum Gasteiger partial charge on any atom is 0.472 e. The zero-order valence-electron chi connectivity index (χ0n) is 67.5. The Bertz CT molecular complexity index is 2660. The molecule has 0 amide bonds. The van der Waals surface area contributed by atoms with Crippen LogP contribution in [0.25, 0.3) is 0 Å². The van der Waals surface area contributed by atoms with Crippen LogP contribution in [0, 0.1) is 0 Å². The van der Waals surface area contributed by atoms with Crippen LogP contribution in [0.5, 0.6) is 0 Å². The number of carbonyl (C=O) groups is 4. The van der Waals surface area contributed by atoms with Gasteiger partial charge in [-0.05, 0) is 167 Å². The van der Waals surface area contributed by atoms with Gasteiger partial charge in [0.1, 0.15) is 19.3 Å². The second-order valence-corrected chi connectivity index (χ2v) is 30.2. The van der Waals surface area contributed by atoms with Crippen molar-refractivity contribution in [2.24, 2.45) is 0 Å². The lowest BCUT2D eigenvalue weighted by Gasteiger charge is -2.21. The maximum absolute atomic E-state index is 13.1. The minimum Gasteiger partial charge on any atom is -0.462 e. The van der Waals surface area contributed by atoms with Gasteiger partial charge in [0.15, 0.2) is 12.2 Å². The van der Waals surface area contributed by atoms with Gasteiger partial charge in [0.05, 0.1) is 26.4 Å². The van der Waals surface area contributed by atoms with Gasteiger partial charge in [-0.15, -0.1) is 0 Å². The molecule has 17 nitrogen and oxygen atoms in total. The van der Waals surface area contributed by atoms with Crippen LogP contribution >= 0.6 is 15.6 Å². The number of carbonyl (C=O) groups excluding carboxylic acids is 4. The molecule has 0 fully saturated rings. The molecule has 0 saturated carbocycles. The van der Waals surface area contributed by atoms with Crippen LogP contribution in [0.15, 0.2) is 158 Å². The third-order valence-electron chi connectivity index (χ3n) is 17.0. The van der Waals surface area contributed by atoms with Crippen molar-refractivity contribution in [2.45, 2.75) is 341 Å². The molecule has 616 valence electrons. The molecule has 0 radical (unpaired) electrons. The first-order chi connectivity index (χ1) is 52.7. The van der Waals surface area contributed by atoms with Gasteiger partial charge in [0.2, 0.25) is 0 Å². The van der Waals surface area contributed by atoms with E-state index in [1.54, 1.807) is 0 Å². The first-order valence-corrected chi connectivity index (χ1v) is 44.7. The van der Waals surface area contributed by atoms with E-state index < -0.39 is 97.5 Å². The Labute approximate surface area is 655 Å². The predicted molar refractivity (Wildman–Crippen MR) is 445 cm³/mol. The molecule has 2 unspecified atom stereocenters. The first kappa shape index (κ1) is 103. The molecule has 108 heavy (non-hydrogen) atoms. The highest BCUT2D eigenvalue weighted by molar-refractivity contribution is 7.47. The second kappa shape index (κ2) is 79.8. The molecule has 0 aromatic heterocycles. The van der Waals surface area contributed by atoms with Crippen LogP contribution < -0.4 is 0 Å². The van der Waals surface area contributed by atoms with Crippen LogP contribution in [0.2, 0.25) is 0 Å². The van der Waals surface area contributed by atoms with E-state index in [0.717, 1.165) is 161 Å². The van der Waals surface area contributed by atoms with E-state index in [1.807, 2.05) is 18.2 Å². The Hall–Kier alpha value is -5.32. The van der Waals surface area contributed by atoms with Crippen molar-refractivity contribution in [1.82, 2.24) is 0 Å². The van der Waals surface area contributed by atoms with Crippen LogP contribution in [-0.4, -0.2) is 96.7 Å². The van der Waals surface area contributed by atoms with Gasteiger partial charge in [-0.25, -0.2) is 9.13 Å². The lowest BCUT2D eigenvalue weighted by Crippen LogP contribution is -2.30. The summed E-state index contributed by atoms with van der Waals surface area (Å²) in [6.07, 6.45) is 93.6. The fourth-order valence-electron chi connectivity index (χ4n) is 10.6. The topological polar surface area (TPSA) is 237 Å². The van der Waals surface area contributed by atoms with E-state index in [9.17, 15) is 43.2 Å². The average molecular weight is 1550 g/mol. The number of ether oxygens (including phenoxy) is 4. The number of hydrogen-bond donors (Lipinski definition) is 3. The Morgan fingerprint density at radius 2 is 0.500 bits per heavy atom. The Balaban J connectivity index is 5.50. The molecule has 19 heteroatoms. The number of unbranched alkanes of at least 4 members (excludes halogenated alkanes) is 25. The van der Waals surface area contributed by atoms with Gasteiger partial charge >= 0.3 is 39.5 Å². The fourth-order valence-corrected chi connectivity index (χ4v) is 12.2. The van der Waals surface area contributed by atoms with Crippen LogP contribution in [0.4, 0.5) is 0 Å². The predicted octanol–water partition coefficient (Wildman–Crippen LogP) is 24.8. The van der Waals surface area contributed by atoms with E-state index >= 15 is 0 Å². The molecule has 0 heterocycles. The molecule has 0 bridgehead atoms. The molecule has 0 aliphatic carbocycles. The lowest BCUT2D eigenvalue weighted by molar-refractivity contribution is -0.161. The number of rotatable bonds is 77. The van der Waals surface area contributed by atoms with Crippen molar-refractivity contribution in [3.63, 3.8) is 0 Å². The van der Waals surface area contributed by atoms with Crippen molar-refractivity contribution in [1.29, 1.82) is 0 Å². The number of allylic oxidation sites excluding steroid dienone is 26.